The van der Waals surface area contributed by atoms with Crippen molar-refractivity contribution in [1.82, 2.24) is 14.6 Å². The van der Waals surface area contributed by atoms with Gasteiger partial charge in [0.1, 0.15) is 17.0 Å². The van der Waals surface area contributed by atoms with Crippen molar-refractivity contribution in [3.05, 3.63) is 47.5 Å². The highest BCUT2D eigenvalue weighted by Gasteiger charge is 2.12. The van der Waals surface area contributed by atoms with Crippen LogP contribution in [-0.2, 0) is 0 Å². The first-order chi connectivity index (χ1) is 8.72. The lowest BCUT2D eigenvalue weighted by Crippen LogP contribution is -2.12. The summed E-state index contributed by atoms with van der Waals surface area (Å²) in [6.45, 7) is 0. The number of fused-ring (bicyclic) bond motifs is 1. The summed E-state index contributed by atoms with van der Waals surface area (Å²) in [7, 11) is 0. The first-order valence-electron chi connectivity index (χ1n) is 5.08. The smallest absolute Gasteiger partial charge is 0.275 e. The number of benzene rings is 1. The normalized spacial score (nSPS) is 10.7. The zero-order valence-corrected chi connectivity index (χ0v) is 9.82. The molecule has 0 atom stereocenters. The quantitative estimate of drug-likeness (QED) is 0.770. The summed E-state index contributed by atoms with van der Waals surface area (Å²) in [6, 6.07) is 5.54. The van der Waals surface area contributed by atoms with Crippen molar-refractivity contribution in [2.45, 2.75) is 0 Å². The van der Waals surface area contributed by atoms with Crippen LogP contribution in [0.15, 0.2) is 36.0 Å². The van der Waals surface area contributed by atoms with Crippen LogP contribution >= 0.6 is 11.3 Å². The number of carbonyl (C=O) groups is 1. The topological polar surface area (TPSA) is 59.3 Å². The zero-order valence-electron chi connectivity index (χ0n) is 9.00. The van der Waals surface area contributed by atoms with E-state index in [1.807, 2.05) is 0 Å². The Morgan fingerprint density at radius 2 is 2.11 bits per heavy atom. The van der Waals surface area contributed by atoms with Crippen LogP contribution in [0, 0.1) is 5.82 Å². The molecule has 0 saturated heterocycles. The van der Waals surface area contributed by atoms with Crippen LogP contribution in [-0.4, -0.2) is 20.5 Å². The second-order valence-electron chi connectivity index (χ2n) is 3.55. The third-order valence-electron chi connectivity index (χ3n) is 2.32. The van der Waals surface area contributed by atoms with E-state index in [-0.39, 0.29) is 17.4 Å². The Balaban J connectivity index is 1.82. The molecule has 3 rings (SSSR count). The van der Waals surface area contributed by atoms with Crippen LogP contribution in [0.4, 0.5) is 10.1 Å². The predicted molar refractivity (Wildman–Crippen MR) is 65.2 cm³/mol. The van der Waals surface area contributed by atoms with E-state index in [0.29, 0.717) is 10.6 Å². The van der Waals surface area contributed by atoms with Crippen LogP contribution in [0.25, 0.3) is 4.96 Å². The van der Waals surface area contributed by atoms with Crippen molar-refractivity contribution in [3.8, 4) is 0 Å². The summed E-state index contributed by atoms with van der Waals surface area (Å²) in [4.78, 5) is 16.6. The van der Waals surface area contributed by atoms with E-state index in [9.17, 15) is 9.18 Å². The van der Waals surface area contributed by atoms with Gasteiger partial charge in [0.25, 0.3) is 5.91 Å². The van der Waals surface area contributed by atoms with Gasteiger partial charge in [0, 0.05) is 5.69 Å². The molecule has 1 N–H and O–H groups in total. The van der Waals surface area contributed by atoms with E-state index in [4.69, 9.17) is 0 Å². The van der Waals surface area contributed by atoms with Crippen LogP contribution < -0.4 is 5.32 Å². The molecule has 1 aromatic carbocycles. The maximum absolute atomic E-state index is 12.7. The largest absolute Gasteiger partial charge is 0.321 e. The molecule has 0 aliphatic heterocycles. The minimum atomic E-state index is -0.348. The number of aromatic nitrogens is 3. The van der Waals surface area contributed by atoms with E-state index in [0.717, 1.165) is 0 Å². The van der Waals surface area contributed by atoms with Crippen LogP contribution in [0.5, 0.6) is 0 Å². The second kappa shape index (κ2) is 4.19. The lowest BCUT2D eigenvalue weighted by atomic mass is 10.3. The van der Waals surface area contributed by atoms with E-state index in [1.165, 1.54) is 40.1 Å². The molecule has 0 fully saturated rings. The Hall–Kier alpha value is -2.28. The van der Waals surface area contributed by atoms with E-state index in [1.54, 1.807) is 11.7 Å². The summed E-state index contributed by atoms with van der Waals surface area (Å²) >= 11 is 1.34. The fraction of sp³-hybridized carbons (Fsp3) is 0. The van der Waals surface area contributed by atoms with Crippen molar-refractivity contribution in [2.75, 3.05) is 5.32 Å². The van der Waals surface area contributed by atoms with Crippen LogP contribution in [0.2, 0.25) is 0 Å². The number of halogens is 1. The Morgan fingerprint density at radius 3 is 2.83 bits per heavy atom. The molecule has 0 aliphatic carbocycles. The van der Waals surface area contributed by atoms with Gasteiger partial charge in [-0.15, -0.1) is 0 Å². The number of carbonyl (C=O) groups excluding carboxylic acids is 1. The molecule has 0 unspecified atom stereocenters. The number of hydrogen-bond donors (Lipinski definition) is 1. The molecule has 2 aromatic heterocycles. The first kappa shape index (κ1) is 10.8. The number of hydrogen-bond acceptors (Lipinski definition) is 4. The highest BCUT2D eigenvalue weighted by Crippen LogP contribution is 2.12. The molecular formula is C11H7FN4OS. The highest BCUT2D eigenvalue weighted by atomic mass is 32.1. The average Bonchev–Trinajstić information content (AvgIpc) is 2.92. The summed E-state index contributed by atoms with van der Waals surface area (Å²) < 4.78 is 14.2. The Morgan fingerprint density at radius 1 is 1.33 bits per heavy atom. The molecule has 3 aromatic rings. The summed E-state index contributed by atoms with van der Waals surface area (Å²) in [6.07, 6.45) is 1.55. The number of rotatable bonds is 2. The van der Waals surface area contributed by atoms with Gasteiger partial charge in [0.05, 0.1) is 6.20 Å². The Kier molecular flexibility index (Phi) is 2.52. The number of amides is 1. The molecule has 0 bridgehead atoms. The van der Waals surface area contributed by atoms with Gasteiger partial charge < -0.3 is 5.32 Å². The van der Waals surface area contributed by atoms with Crippen molar-refractivity contribution < 1.29 is 9.18 Å². The Bertz CT molecular complexity index is 675. The minimum Gasteiger partial charge on any atom is -0.321 e. The first-order valence-corrected chi connectivity index (χ1v) is 5.96. The molecule has 1 amide bonds. The highest BCUT2D eigenvalue weighted by molar-refractivity contribution is 7.14. The van der Waals surface area contributed by atoms with Gasteiger partial charge in [0.15, 0.2) is 0 Å². The lowest BCUT2D eigenvalue weighted by molar-refractivity contribution is 0.102. The van der Waals surface area contributed by atoms with E-state index < -0.39 is 0 Å². The molecular weight excluding hydrogens is 255 g/mol. The zero-order chi connectivity index (χ0) is 12.5. The fourth-order valence-electron chi connectivity index (χ4n) is 1.48. The summed E-state index contributed by atoms with van der Waals surface area (Å²) in [5.41, 5.74) is 2.44. The molecule has 0 radical (unpaired) electrons. The molecule has 5 nitrogen and oxygen atoms in total. The molecule has 18 heavy (non-hydrogen) atoms. The molecule has 7 heteroatoms. The van der Waals surface area contributed by atoms with E-state index in [2.05, 4.69) is 15.4 Å². The standard InChI is InChI=1S/C11H7FN4OS/c12-7-1-3-8(4-2-7)14-10(17)9-5-16-11(15-9)18-6-13-16/h1-6H,(H,14,17). The maximum atomic E-state index is 12.7. The van der Waals surface area contributed by atoms with Crippen molar-refractivity contribution >= 4 is 27.9 Å². The SMILES string of the molecule is O=C(Nc1ccc(F)cc1)c1cn2ncsc2n1. The van der Waals surface area contributed by atoms with Crippen LogP contribution in [0.1, 0.15) is 10.5 Å². The Labute approximate surface area is 105 Å². The van der Waals surface area contributed by atoms with Gasteiger partial charge >= 0.3 is 0 Å². The average molecular weight is 262 g/mol. The van der Waals surface area contributed by atoms with Crippen molar-refractivity contribution in [2.24, 2.45) is 0 Å². The van der Waals surface area contributed by atoms with Crippen LogP contribution in [0.3, 0.4) is 0 Å². The predicted octanol–water partition coefficient (Wildman–Crippen LogP) is 2.18. The molecule has 2 heterocycles. The molecule has 0 aliphatic rings. The number of anilines is 1. The third kappa shape index (κ3) is 1.95. The summed E-state index contributed by atoms with van der Waals surface area (Å²) in [5, 5.41) is 6.62. The number of nitrogens with one attached hydrogen (secondary N) is 1. The third-order valence-corrected chi connectivity index (χ3v) is 3.01. The molecule has 0 saturated carbocycles. The molecule has 0 spiro atoms. The van der Waals surface area contributed by atoms with Gasteiger partial charge in [0.2, 0.25) is 4.96 Å². The van der Waals surface area contributed by atoms with Crippen molar-refractivity contribution in [1.29, 1.82) is 0 Å². The molecule has 90 valence electrons. The summed E-state index contributed by atoms with van der Waals surface area (Å²) in [5.74, 6) is -0.695. The fourth-order valence-corrected chi connectivity index (χ4v) is 2.08. The minimum absolute atomic E-state index is 0.277. The van der Waals surface area contributed by atoms with E-state index >= 15 is 0 Å². The van der Waals surface area contributed by atoms with Gasteiger partial charge in [-0.2, -0.15) is 5.10 Å². The monoisotopic (exact) mass is 262 g/mol. The maximum Gasteiger partial charge on any atom is 0.275 e. The van der Waals surface area contributed by atoms with Crippen molar-refractivity contribution in [3.63, 3.8) is 0 Å². The van der Waals surface area contributed by atoms with Gasteiger partial charge in [-0.05, 0) is 24.3 Å². The van der Waals surface area contributed by atoms with Gasteiger partial charge in [-0.25, -0.2) is 13.9 Å². The number of imidazole rings is 1. The lowest BCUT2D eigenvalue weighted by Gasteiger charge is -2.01. The van der Waals surface area contributed by atoms with Gasteiger partial charge in [-0.1, -0.05) is 11.3 Å². The number of nitrogens with zero attached hydrogens (tertiary/aromatic N) is 3. The second-order valence-corrected chi connectivity index (χ2v) is 4.36. The van der Waals surface area contributed by atoms with Gasteiger partial charge in [-0.3, -0.25) is 4.79 Å².